The number of hydrogen-bond acceptors (Lipinski definition) is 2. The van der Waals surface area contributed by atoms with Crippen molar-refractivity contribution in [3.8, 4) is 12.3 Å². The monoisotopic (exact) mass is 192 g/mol. The average molecular weight is 192 g/mol. The summed E-state index contributed by atoms with van der Waals surface area (Å²) in [5.41, 5.74) is 0. The maximum absolute atomic E-state index is 10.7. The van der Waals surface area contributed by atoms with Crippen LogP contribution in [0.5, 0.6) is 0 Å². The Morgan fingerprint density at radius 2 is 2.43 bits per heavy atom. The minimum Gasteiger partial charge on any atom is -0.458 e. The van der Waals surface area contributed by atoms with Crippen molar-refractivity contribution in [2.75, 3.05) is 0 Å². The second-order valence-corrected chi connectivity index (χ2v) is 2.86. The van der Waals surface area contributed by atoms with Crippen molar-refractivity contribution in [3.63, 3.8) is 0 Å². The van der Waals surface area contributed by atoms with Gasteiger partial charge in [-0.2, -0.15) is 0 Å². The highest BCUT2D eigenvalue weighted by molar-refractivity contribution is 5.66. The molecule has 0 rings (SSSR count). The normalized spacial score (nSPS) is 12.0. The summed E-state index contributed by atoms with van der Waals surface area (Å²) in [6.45, 7) is 4.95. The van der Waals surface area contributed by atoms with E-state index >= 15 is 0 Å². The summed E-state index contributed by atoms with van der Waals surface area (Å²) in [4.78, 5) is 10.7. The van der Waals surface area contributed by atoms with E-state index in [-0.39, 0.29) is 12.1 Å². The first-order chi connectivity index (χ1) is 6.70. The molecule has 0 aliphatic rings. The van der Waals surface area contributed by atoms with Gasteiger partial charge in [-0.15, -0.1) is 12.3 Å². The van der Waals surface area contributed by atoms with E-state index in [0.29, 0.717) is 6.42 Å². The quantitative estimate of drug-likeness (QED) is 0.280. The highest BCUT2D eigenvalue weighted by atomic mass is 16.5. The number of unbranched alkanes of at least 4 members (excludes halogenated alkanes) is 1. The number of ether oxygens (including phenoxy) is 1. The number of terminal acetylenes is 1. The lowest BCUT2D eigenvalue weighted by Gasteiger charge is -2.11. The molecule has 2 heteroatoms. The Balaban J connectivity index is 3.97. The Labute approximate surface area is 85.6 Å². The SMILES string of the molecule is C#CCCCC(/C=C/C=C)OC(C)=O. The van der Waals surface area contributed by atoms with Crippen molar-refractivity contribution in [3.05, 3.63) is 24.8 Å². The van der Waals surface area contributed by atoms with Crippen LogP contribution in [0.15, 0.2) is 24.8 Å². The number of carbonyl (C=O) groups is 1. The van der Waals surface area contributed by atoms with Gasteiger partial charge in [0.05, 0.1) is 0 Å². The second kappa shape index (κ2) is 8.12. The maximum Gasteiger partial charge on any atom is 0.303 e. The van der Waals surface area contributed by atoms with E-state index in [1.807, 2.05) is 6.08 Å². The van der Waals surface area contributed by atoms with Crippen molar-refractivity contribution in [1.29, 1.82) is 0 Å². The van der Waals surface area contributed by atoms with Crippen LogP contribution in [0.4, 0.5) is 0 Å². The van der Waals surface area contributed by atoms with Gasteiger partial charge in [-0.05, 0) is 18.9 Å². The largest absolute Gasteiger partial charge is 0.458 e. The van der Waals surface area contributed by atoms with Crippen LogP contribution in [-0.2, 0) is 9.53 Å². The van der Waals surface area contributed by atoms with E-state index in [2.05, 4.69) is 12.5 Å². The van der Waals surface area contributed by atoms with Crippen LogP contribution >= 0.6 is 0 Å². The molecular weight excluding hydrogens is 176 g/mol. The fraction of sp³-hybridized carbons (Fsp3) is 0.417. The van der Waals surface area contributed by atoms with Crippen molar-refractivity contribution in [2.24, 2.45) is 0 Å². The zero-order valence-electron chi connectivity index (χ0n) is 8.53. The number of carbonyl (C=O) groups excluding carboxylic acids is 1. The van der Waals surface area contributed by atoms with Crippen molar-refractivity contribution < 1.29 is 9.53 Å². The van der Waals surface area contributed by atoms with Crippen LogP contribution in [0.25, 0.3) is 0 Å². The number of rotatable bonds is 6. The summed E-state index contributed by atoms with van der Waals surface area (Å²) in [5.74, 6) is 2.27. The Hall–Kier alpha value is -1.49. The molecule has 0 N–H and O–H groups in total. The van der Waals surface area contributed by atoms with Crippen LogP contribution in [0.2, 0.25) is 0 Å². The Morgan fingerprint density at radius 1 is 1.71 bits per heavy atom. The van der Waals surface area contributed by atoms with Gasteiger partial charge in [0.25, 0.3) is 0 Å². The molecule has 0 aliphatic carbocycles. The van der Waals surface area contributed by atoms with Crippen LogP contribution in [0, 0.1) is 12.3 Å². The summed E-state index contributed by atoms with van der Waals surface area (Å²) in [5, 5.41) is 0. The Kier molecular flexibility index (Phi) is 7.26. The van der Waals surface area contributed by atoms with Crippen molar-refractivity contribution in [2.45, 2.75) is 32.3 Å². The standard InChI is InChI=1S/C12H16O2/c1-4-6-8-10-12(9-7-5-2)14-11(3)13/h1,5,7,9,12H,2,6,8,10H2,3H3/b9-7+. The van der Waals surface area contributed by atoms with Gasteiger partial charge in [0.2, 0.25) is 0 Å². The number of allylic oxidation sites excluding steroid dienone is 2. The van der Waals surface area contributed by atoms with Crippen LogP contribution in [0.3, 0.4) is 0 Å². The molecular formula is C12H16O2. The zero-order valence-corrected chi connectivity index (χ0v) is 8.53. The van der Waals surface area contributed by atoms with E-state index in [9.17, 15) is 4.79 Å². The number of esters is 1. The van der Waals surface area contributed by atoms with Gasteiger partial charge in [-0.1, -0.05) is 18.7 Å². The van der Waals surface area contributed by atoms with E-state index in [1.165, 1.54) is 6.92 Å². The van der Waals surface area contributed by atoms with E-state index < -0.39 is 0 Å². The molecule has 1 atom stereocenters. The first-order valence-electron chi connectivity index (χ1n) is 4.60. The molecule has 0 heterocycles. The molecule has 0 fully saturated rings. The van der Waals surface area contributed by atoms with Gasteiger partial charge in [-0.25, -0.2) is 0 Å². The summed E-state index contributed by atoms with van der Waals surface area (Å²) in [7, 11) is 0. The minimum atomic E-state index is -0.274. The molecule has 2 nitrogen and oxygen atoms in total. The second-order valence-electron chi connectivity index (χ2n) is 2.86. The van der Waals surface area contributed by atoms with Crippen LogP contribution in [-0.4, -0.2) is 12.1 Å². The summed E-state index contributed by atoms with van der Waals surface area (Å²) in [6.07, 6.45) is 12.5. The van der Waals surface area contributed by atoms with Crippen molar-refractivity contribution >= 4 is 5.97 Å². The molecule has 0 amide bonds. The average Bonchev–Trinajstić information content (AvgIpc) is 2.13. The molecule has 14 heavy (non-hydrogen) atoms. The van der Waals surface area contributed by atoms with Gasteiger partial charge in [-0.3, -0.25) is 4.79 Å². The smallest absolute Gasteiger partial charge is 0.303 e. The third kappa shape index (κ3) is 7.17. The summed E-state index contributed by atoms with van der Waals surface area (Å²) >= 11 is 0. The van der Waals surface area contributed by atoms with Crippen molar-refractivity contribution in [1.82, 2.24) is 0 Å². The molecule has 0 saturated carbocycles. The highest BCUT2D eigenvalue weighted by Crippen LogP contribution is 2.06. The maximum atomic E-state index is 10.7. The molecule has 0 saturated heterocycles. The van der Waals surface area contributed by atoms with E-state index in [0.717, 1.165) is 12.8 Å². The van der Waals surface area contributed by atoms with Gasteiger partial charge in [0.15, 0.2) is 0 Å². The summed E-state index contributed by atoms with van der Waals surface area (Å²) < 4.78 is 5.06. The molecule has 76 valence electrons. The minimum absolute atomic E-state index is 0.182. The lowest BCUT2D eigenvalue weighted by molar-refractivity contribution is -0.144. The first-order valence-corrected chi connectivity index (χ1v) is 4.60. The number of hydrogen-bond donors (Lipinski definition) is 0. The van der Waals surface area contributed by atoms with Crippen LogP contribution < -0.4 is 0 Å². The predicted octanol–water partition coefficient (Wildman–Crippen LogP) is 2.46. The zero-order chi connectivity index (χ0) is 10.8. The molecule has 0 aromatic rings. The Bertz CT molecular complexity index is 246. The Morgan fingerprint density at radius 3 is 2.93 bits per heavy atom. The summed E-state index contributed by atoms with van der Waals surface area (Å²) in [6, 6.07) is 0. The molecule has 0 bridgehead atoms. The molecule has 0 spiro atoms. The molecule has 0 radical (unpaired) electrons. The van der Waals surface area contributed by atoms with E-state index in [4.69, 9.17) is 11.2 Å². The van der Waals surface area contributed by atoms with Gasteiger partial charge >= 0.3 is 5.97 Å². The fourth-order valence-corrected chi connectivity index (χ4v) is 1.02. The molecule has 0 aliphatic heterocycles. The first kappa shape index (κ1) is 12.5. The highest BCUT2D eigenvalue weighted by Gasteiger charge is 2.06. The third-order valence-corrected chi connectivity index (χ3v) is 1.59. The lowest BCUT2D eigenvalue weighted by atomic mass is 10.1. The van der Waals surface area contributed by atoms with Crippen LogP contribution in [0.1, 0.15) is 26.2 Å². The van der Waals surface area contributed by atoms with Gasteiger partial charge in [0.1, 0.15) is 6.10 Å². The predicted molar refractivity (Wildman–Crippen MR) is 57.6 cm³/mol. The molecule has 0 aromatic carbocycles. The van der Waals surface area contributed by atoms with Gasteiger partial charge in [0, 0.05) is 13.3 Å². The lowest BCUT2D eigenvalue weighted by Crippen LogP contribution is -2.13. The van der Waals surface area contributed by atoms with E-state index in [1.54, 1.807) is 12.2 Å². The molecule has 1 unspecified atom stereocenters. The third-order valence-electron chi connectivity index (χ3n) is 1.59. The molecule has 0 aromatic heterocycles. The topological polar surface area (TPSA) is 26.3 Å². The van der Waals surface area contributed by atoms with Gasteiger partial charge < -0.3 is 4.74 Å². The fourth-order valence-electron chi connectivity index (χ4n) is 1.02.